The average molecular weight is 413 g/mol. The van der Waals surface area contributed by atoms with Crippen molar-refractivity contribution in [2.75, 3.05) is 33.3 Å². The van der Waals surface area contributed by atoms with E-state index in [4.69, 9.17) is 20.9 Å². The van der Waals surface area contributed by atoms with Crippen LogP contribution in [0.2, 0.25) is 5.02 Å². The molecule has 1 aliphatic heterocycles. The van der Waals surface area contributed by atoms with Crippen molar-refractivity contribution in [1.82, 2.24) is 19.9 Å². The highest BCUT2D eigenvalue weighted by Crippen LogP contribution is 2.20. The highest BCUT2D eigenvalue weighted by molar-refractivity contribution is 6.30. The molecule has 0 N–H and O–H groups in total. The molecule has 1 saturated heterocycles. The number of halogens is 1. The summed E-state index contributed by atoms with van der Waals surface area (Å²) in [6, 6.07) is 14.5. The Morgan fingerprint density at radius 3 is 2.41 bits per heavy atom. The van der Waals surface area contributed by atoms with E-state index in [1.165, 1.54) is 0 Å². The van der Waals surface area contributed by atoms with Crippen molar-refractivity contribution in [3.8, 4) is 17.1 Å². The van der Waals surface area contributed by atoms with E-state index < -0.39 is 0 Å². The number of ether oxygens (including phenoxy) is 1. The van der Waals surface area contributed by atoms with Gasteiger partial charge in [0.1, 0.15) is 5.75 Å². The number of hydrogen-bond donors (Lipinski definition) is 0. The van der Waals surface area contributed by atoms with Crippen LogP contribution in [-0.4, -0.2) is 59.1 Å². The third-order valence-corrected chi connectivity index (χ3v) is 5.18. The zero-order chi connectivity index (χ0) is 20.2. The minimum atomic E-state index is 0.0371. The number of rotatable bonds is 5. The number of nitrogens with zero attached hydrogens (tertiary/aromatic N) is 4. The van der Waals surface area contributed by atoms with Gasteiger partial charge in [-0.2, -0.15) is 4.98 Å². The van der Waals surface area contributed by atoms with Crippen LogP contribution in [0.15, 0.2) is 53.1 Å². The second-order valence-electron chi connectivity index (χ2n) is 6.82. The van der Waals surface area contributed by atoms with E-state index in [2.05, 4.69) is 15.0 Å². The van der Waals surface area contributed by atoms with E-state index >= 15 is 0 Å². The van der Waals surface area contributed by atoms with Crippen molar-refractivity contribution < 1.29 is 14.1 Å². The Kier molecular flexibility index (Phi) is 5.78. The molecule has 1 amide bonds. The fourth-order valence-electron chi connectivity index (χ4n) is 3.25. The number of benzene rings is 2. The summed E-state index contributed by atoms with van der Waals surface area (Å²) in [6.45, 7) is 3.37. The molecular weight excluding hydrogens is 392 g/mol. The van der Waals surface area contributed by atoms with Gasteiger partial charge in [-0.15, -0.1) is 0 Å². The maximum atomic E-state index is 12.7. The number of amides is 1. The lowest BCUT2D eigenvalue weighted by Gasteiger charge is -2.34. The van der Waals surface area contributed by atoms with Crippen LogP contribution >= 0.6 is 11.6 Å². The van der Waals surface area contributed by atoms with Gasteiger partial charge in [-0.1, -0.05) is 16.8 Å². The van der Waals surface area contributed by atoms with Crippen LogP contribution in [0.25, 0.3) is 11.4 Å². The zero-order valence-electron chi connectivity index (χ0n) is 16.0. The van der Waals surface area contributed by atoms with Gasteiger partial charge in [-0.05, 0) is 48.5 Å². The summed E-state index contributed by atoms with van der Waals surface area (Å²) in [7, 11) is 1.61. The Morgan fingerprint density at radius 1 is 1.07 bits per heavy atom. The molecule has 0 atom stereocenters. The van der Waals surface area contributed by atoms with Gasteiger partial charge in [0.05, 0.1) is 13.7 Å². The summed E-state index contributed by atoms with van der Waals surface area (Å²) in [5.41, 5.74) is 1.53. The van der Waals surface area contributed by atoms with Crippen molar-refractivity contribution in [1.29, 1.82) is 0 Å². The van der Waals surface area contributed by atoms with E-state index in [0.29, 0.717) is 41.9 Å². The van der Waals surface area contributed by atoms with Gasteiger partial charge in [0, 0.05) is 42.3 Å². The summed E-state index contributed by atoms with van der Waals surface area (Å²) in [5, 5.41) is 4.71. The molecule has 0 unspecified atom stereocenters. The number of hydrogen-bond acceptors (Lipinski definition) is 6. The Bertz CT molecular complexity index is 964. The molecule has 0 radical (unpaired) electrons. The SMILES string of the molecule is COc1ccc(C(=O)N2CCN(Cc3nc(-c4ccc(Cl)cc4)no3)CC2)cc1. The van der Waals surface area contributed by atoms with Crippen LogP contribution in [0.4, 0.5) is 0 Å². The second kappa shape index (κ2) is 8.63. The Hall–Kier alpha value is -2.90. The first-order valence-electron chi connectivity index (χ1n) is 9.36. The number of carbonyl (C=O) groups excluding carboxylic acids is 1. The van der Waals surface area contributed by atoms with Gasteiger partial charge >= 0.3 is 0 Å². The van der Waals surface area contributed by atoms with Gasteiger partial charge in [0.25, 0.3) is 5.91 Å². The Labute approximate surface area is 173 Å². The molecule has 1 aromatic heterocycles. The molecule has 150 valence electrons. The Morgan fingerprint density at radius 2 is 1.76 bits per heavy atom. The minimum Gasteiger partial charge on any atom is -0.497 e. The van der Waals surface area contributed by atoms with Crippen LogP contribution in [-0.2, 0) is 6.54 Å². The molecule has 0 bridgehead atoms. The van der Waals surface area contributed by atoms with Crippen LogP contribution in [0.5, 0.6) is 5.75 Å². The van der Waals surface area contributed by atoms with Gasteiger partial charge < -0.3 is 14.2 Å². The molecule has 2 heterocycles. The molecule has 2 aromatic carbocycles. The van der Waals surface area contributed by atoms with E-state index in [1.54, 1.807) is 43.5 Å². The molecule has 29 heavy (non-hydrogen) atoms. The number of piperazine rings is 1. The van der Waals surface area contributed by atoms with Gasteiger partial charge in [-0.3, -0.25) is 9.69 Å². The first-order valence-corrected chi connectivity index (χ1v) is 9.74. The van der Waals surface area contributed by atoms with E-state index in [9.17, 15) is 4.79 Å². The smallest absolute Gasteiger partial charge is 0.253 e. The summed E-state index contributed by atoms with van der Waals surface area (Å²) in [5.74, 6) is 1.88. The summed E-state index contributed by atoms with van der Waals surface area (Å²) in [6.07, 6.45) is 0. The third kappa shape index (κ3) is 4.58. The molecule has 0 saturated carbocycles. The third-order valence-electron chi connectivity index (χ3n) is 4.93. The normalized spacial score (nSPS) is 14.8. The molecule has 3 aromatic rings. The van der Waals surface area contributed by atoms with Crippen LogP contribution in [0, 0.1) is 0 Å². The van der Waals surface area contributed by atoms with E-state index in [-0.39, 0.29) is 5.91 Å². The zero-order valence-corrected chi connectivity index (χ0v) is 16.8. The predicted molar refractivity (Wildman–Crippen MR) is 109 cm³/mol. The average Bonchev–Trinajstić information content (AvgIpc) is 3.23. The van der Waals surface area contributed by atoms with Crippen molar-refractivity contribution in [2.24, 2.45) is 0 Å². The first kappa shape index (κ1) is 19.4. The van der Waals surface area contributed by atoms with Crippen molar-refractivity contribution in [3.05, 3.63) is 65.0 Å². The summed E-state index contributed by atoms with van der Waals surface area (Å²) >= 11 is 5.92. The standard InChI is InChI=1S/C21H21ClN4O3/c1-28-18-8-4-16(5-9-18)21(27)26-12-10-25(11-13-26)14-19-23-20(24-29-19)15-2-6-17(22)7-3-15/h2-9H,10-14H2,1H3. The summed E-state index contributed by atoms with van der Waals surface area (Å²) in [4.78, 5) is 21.2. The topological polar surface area (TPSA) is 71.7 Å². The molecule has 7 nitrogen and oxygen atoms in total. The van der Waals surface area contributed by atoms with Crippen molar-refractivity contribution in [3.63, 3.8) is 0 Å². The molecule has 4 rings (SSSR count). The van der Waals surface area contributed by atoms with Crippen LogP contribution in [0.3, 0.4) is 0 Å². The van der Waals surface area contributed by atoms with Crippen molar-refractivity contribution >= 4 is 17.5 Å². The maximum absolute atomic E-state index is 12.7. The highest BCUT2D eigenvalue weighted by atomic mass is 35.5. The number of aromatic nitrogens is 2. The lowest BCUT2D eigenvalue weighted by atomic mass is 10.1. The number of methoxy groups -OCH3 is 1. The summed E-state index contributed by atoms with van der Waals surface area (Å²) < 4.78 is 10.5. The molecule has 1 fully saturated rings. The van der Waals surface area contributed by atoms with Crippen LogP contribution < -0.4 is 4.74 Å². The molecular formula is C21H21ClN4O3. The fourth-order valence-corrected chi connectivity index (χ4v) is 3.38. The predicted octanol–water partition coefficient (Wildman–Crippen LogP) is 3.36. The lowest BCUT2D eigenvalue weighted by Crippen LogP contribution is -2.48. The quantitative estimate of drug-likeness (QED) is 0.640. The monoisotopic (exact) mass is 412 g/mol. The van der Waals surface area contributed by atoms with E-state index in [1.807, 2.05) is 17.0 Å². The fraction of sp³-hybridized carbons (Fsp3) is 0.286. The maximum Gasteiger partial charge on any atom is 0.253 e. The first-order chi connectivity index (χ1) is 14.1. The van der Waals surface area contributed by atoms with Gasteiger partial charge in [-0.25, -0.2) is 0 Å². The minimum absolute atomic E-state index is 0.0371. The van der Waals surface area contributed by atoms with Gasteiger partial charge in [0.2, 0.25) is 11.7 Å². The van der Waals surface area contributed by atoms with Crippen LogP contribution in [0.1, 0.15) is 16.2 Å². The largest absolute Gasteiger partial charge is 0.497 e. The van der Waals surface area contributed by atoms with E-state index in [0.717, 1.165) is 24.4 Å². The van der Waals surface area contributed by atoms with Gasteiger partial charge in [0.15, 0.2) is 0 Å². The molecule has 0 spiro atoms. The Balaban J connectivity index is 1.32. The highest BCUT2D eigenvalue weighted by Gasteiger charge is 2.23. The van der Waals surface area contributed by atoms with Crippen molar-refractivity contribution in [2.45, 2.75) is 6.54 Å². The molecule has 8 heteroatoms. The lowest BCUT2D eigenvalue weighted by molar-refractivity contribution is 0.0615. The molecule has 1 aliphatic rings. The second-order valence-corrected chi connectivity index (χ2v) is 7.25. The molecule has 0 aliphatic carbocycles. The number of carbonyl (C=O) groups is 1.